The highest BCUT2D eigenvalue weighted by Gasteiger charge is 2.16. The third kappa shape index (κ3) is 3.43. The van der Waals surface area contributed by atoms with Gasteiger partial charge in [0.1, 0.15) is 11.2 Å². The molecule has 0 aliphatic rings. The molecule has 0 aliphatic carbocycles. The maximum Gasteiger partial charge on any atom is 0.226 e. The summed E-state index contributed by atoms with van der Waals surface area (Å²) in [5, 5.41) is 4.71. The number of hydrogen-bond donors (Lipinski definition) is 0. The van der Waals surface area contributed by atoms with Gasteiger partial charge in [-0.15, -0.1) is 0 Å². The third-order valence-electron chi connectivity index (χ3n) is 6.48. The van der Waals surface area contributed by atoms with E-state index in [1.54, 1.807) is 0 Å². The van der Waals surface area contributed by atoms with E-state index in [-0.39, 0.29) is 5.28 Å². The first-order valence-corrected chi connectivity index (χ1v) is 12.0. The summed E-state index contributed by atoms with van der Waals surface area (Å²) in [7, 11) is 0. The zero-order chi connectivity index (χ0) is 24.1. The summed E-state index contributed by atoms with van der Waals surface area (Å²) in [6.07, 6.45) is 0. The third-order valence-corrected chi connectivity index (χ3v) is 6.64. The van der Waals surface area contributed by atoms with Crippen LogP contribution in [0.4, 0.5) is 0 Å². The molecular weight excluding hydrogens is 466 g/mol. The Kier molecular flexibility index (Phi) is 4.79. The van der Waals surface area contributed by atoms with Crippen molar-refractivity contribution in [1.82, 2.24) is 15.0 Å². The molecule has 0 spiro atoms. The lowest BCUT2D eigenvalue weighted by molar-refractivity contribution is 0.669. The van der Waals surface area contributed by atoms with Crippen molar-refractivity contribution in [2.75, 3.05) is 0 Å². The van der Waals surface area contributed by atoms with Crippen LogP contribution in [-0.4, -0.2) is 15.0 Å². The smallest absolute Gasteiger partial charge is 0.226 e. The summed E-state index contributed by atoms with van der Waals surface area (Å²) < 4.78 is 6.33. The molecule has 2 aromatic heterocycles. The van der Waals surface area contributed by atoms with Crippen LogP contribution < -0.4 is 0 Å². The van der Waals surface area contributed by atoms with Crippen molar-refractivity contribution in [3.05, 3.63) is 114 Å². The minimum Gasteiger partial charge on any atom is -0.456 e. The van der Waals surface area contributed by atoms with Gasteiger partial charge in [0.05, 0.1) is 0 Å². The summed E-state index contributed by atoms with van der Waals surface area (Å²) in [5.41, 5.74) is 5.63. The molecule has 0 saturated heterocycles. The molecule has 7 aromatic rings. The van der Waals surface area contributed by atoms with Crippen LogP contribution in [0.3, 0.4) is 0 Å². The average molecular weight is 484 g/mol. The number of nitrogens with zero attached hydrogens (tertiary/aromatic N) is 3. The second-order valence-corrected chi connectivity index (χ2v) is 8.97. The number of fused-ring (bicyclic) bond motifs is 4. The highest BCUT2D eigenvalue weighted by Crippen LogP contribution is 2.40. The van der Waals surface area contributed by atoms with Crippen molar-refractivity contribution in [2.24, 2.45) is 0 Å². The lowest BCUT2D eigenvalue weighted by Gasteiger charge is -2.08. The zero-order valence-corrected chi connectivity index (χ0v) is 19.8. The minimum absolute atomic E-state index is 0.154. The van der Waals surface area contributed by atoms with Crippen LogP contribution in [0.5, 0.6) is 0 Å². The fourth-order valence-electron chi connectivity index (χ4n) is 4.85. The molecule has 7 rings (SSSR count). The van der Waals surface area contributed by atoms with Crippen molar-refractivity contribution >= 4 is 44.3 Å². The molecule has 5 aromatic carbocycles. The van der Waals surface area contributed by atoms with Crippen LogP contribution in [0, 0.1) is 0 Å². The number of hydrogen-bond acceptors (Lipinski definition) is 4. The SMILES string of the molecule is Clc1nc(-c2ccccc2)nc(-c2ccc3c(c2)oc2cccc(-c4cccc5ccccc45)c23)n1. The quantitative estimate of drug-likeness (QED) is 0.252. The molecule has 0 amide bonds. The first-order valence-electron chi connectivity index (χ1n) is 11.7. The lowest BCUT2D eigenvalue weighted by atomic mass is 9.94. The van der Waals surface area contributed by atoms with E-state index in [1.807, 2.05) is 54.6 Å². The van der Waals surface area contributed by atoms with Gasteiger partial charge in [0.25, 0.3) is 0 Å². The van der Waals surface area contributed by atoms with E-state index in [9.17, 15) is 0 Å². The maximum atomic E-state index is 6.33. The Morgan fingerprint density at radius 3 is 2.14 bits per heavy atom. The minimum atomic E-state index is 0.154. The second kappa shape index (κ2) is 8.29. The van der Waals surface area contributed by atoms with Crippen LogP contribution in [0.25, 0.3) is 66.6 Å². The highest BCUT2D eigenvalue weighted by atomic mass is 35.5. The first kappa shape index (κ1) is 20.8. The first-order chi connectivity index (χ1) is 17.7. The number of aromatic nitrogens is 3. The standard InChI is InChI=1S/C31H18ClN3O/c32-31-34-29(20-9-2-1-3-10-20)33-30(35-31)21-16-17-25-27(18-21)36-26-15-7-14-24(28(25)26)23-13-6-11-19-8-4-5-12-22(19)23/h1-18H. The molecule has 36 heavy (non-hydrogen) atoms. The Balaban J connectivity index is 1.41. The van der Waals surface area contributed by atoms with Crippen LogP contribution in [0.1, 0.15) is 0 Å². The summed E-state index contributed by atoms with van der Waals surface area (Å²) in [5.74, 6) is 1.04. The Bertz CT molecular complexity index is 1910. The topological polar surface area (TPSA) is 51.8 Å². The van der Waals surface area contributed by atoms with E-state index in [2.05, 4.69) is 69.5 Å². The predicted molar refractivity (Wildman–Crippen MR) is 146 cm³/mol. The molecule has 0 atom stereocenters. The second-order valence-electron chi connectivity index (χ2n) is 8.64. The number of furan rings is 1. The molecule has 5 heteroatoms. The predicted octanol–water partition coefficient (Wildman–Crippen LogP) is 8.58. The van der Waals surface area contributed by atoms with Gasteiger partial charge in [0.2, 0.25) is 5.28 Å². The summed E-state index contributed by atoms with van der Waals surface area (Å²) in [6.45, 7) is 0. The largest absolute Gasteiger partial charge is 0.456 e. The van der Waals surface area contributed by atoms with Gasteiger partial charge < -0.3 is 4.42 Å². The molecule has 2 heterocycles. The van der Waals surface area contributed by atoms with Gasteiger partial charge in [-0.1, -0.05) is 91.0 Å². The van der Waals surface area contributed by atoms with E-state index >= 15 is 0 Å². The molecule has 0 saturated carbocycles. The van der Waals surface area contributed by atoms with Crippen molar-refractivity contribution in [1.29, 1.82) is 0 Å². The van der Waals surface area contributed by atoms with Crippen molar-refractivity contribution in [3.8, 4) is 33.9 Å². The van der Waals surface area contributed by atoms with Gasteiger partial charge in [-0.3, -0.25) is 0 Å². The van der Waals surface area contributed by atoms with E-state index in [0.29, 0.717) is 11.6 Å². The maximum absolute atomic E-state index is 6.33. The highest BCUT2D eigenvalue weighted by molar-refractivity contribution is 6.28. The monoisotopic (exact) mass is 483 g/mol. The zero-order valence-electron chi connectivity index (χ0n) is 19.0. The van der Waals surface area contributed by atoms with Gasteiger partial charge in [-0.05, 0) is 51.7 Å². The van der Waals surface area contributed by atoms with Crippen molar-refractivity contribution in [3.63, 3.8) is 0 Å². The Morgan fingerprint density at radius 2 is 1.25 bits per heavy atom. The van der Waals surface area contributed by atoms with Gasteiger partial charge >= 0.3 is 0 Å². The molecule has 0 bridgehead atoms. The van der Waals surface area contributed by atoms with Gasteiger partial charge in [0, 0.05) is 21.9 Å². The van der Waals surface area contributed by atoms with Crippen LogP contribution in [0.15, 0.2) is 114 Å². The molecule has 0 unspecified atom stereocenters. The molecule has 0 N–H and O–H groups in total. The van der Waals surface area contributed by atoms with Crippen LogP contribution in [-0.2, 0) is 0 Å². The average Bonchev–Trinajstić information content (AvgIpc) is 3.31. The Labute approximate surface area is 211 Å². The fraction of sp³-hybridized carbons (Fsp3) is 0. The van der Waals surface area contributed by atoms with E-state index in [0.717, 1.165) is 38.6 Å². The molecule has 0 fully saturated rings. The van der Waals surface area contributed by atoms with Gasteiger partial charge in [0.15, 0.2) is 11.6 Å². The summed E-state index contributed by atoms with van der Waals surface area (Å²) in [6, 6.07) is 36.9. The molecular formula is C31H18ClN3O. The Morgan fingerprint density at radius 1 is 0.528 bits per heavy atom. The van der Waals surface area contributed by atoms with Crippen molar-refractivity contribution in [2.45, 2.75) is 0 Å². The number of rotatable bonds is 3. The van der Waals surface area contributed by atoms with Gasteiger partial charge in [-0.25, -0.2) is 4.98 Å². The fourth-order valence-corrected chi connectivity index (χ4v) is 5.01. The molecule has 170 valence electrons. The summed E-state index contributed by atoms with van der Waals surface area (Å²) >= 11 is 6.28. The van der Waals surface area contributed by atoms with Crippen molar-refractivity contribution < 1.29 is 4.42 Å². The molecule has 4 nitrogen and oxygen atoms in total. The van der Waals surface area contributed by atoms with Gasteiger partial charge in [-0.2, -0.15) is 9.97 Å². The Hall–Kier alpha value is -4.54. The summed E-state index contributed by atoms with van der Waals surface area (Å²) in [4.78, 5) is 13.4. The van der Waals surface area contributed by atoms with Crippen LogP contribution in [0.2, 0.25) is 5.28 Å². The van der Waals surface area contributed by atoms with E-state index in [4.69, 9.17) is 16.0 Å². The number of benzene rings is 5. The molecule has 0 radical (unpaired) electrons. The molecule has 0 aliphatic heterocycles. The number of halogens is 1. The van der Waals surface area contributed by atoms with Crippen LogP contribution >= 0.6 is 11.6 Å². The van der Waals surface area contributed by atoms with E-state index in [1.165, 1.54) is 16.3 Å². The van der Waals surface area contributed by atoms with E-state index < -0.39 is 0 Å². The normalized spacial score (nSPS) is 11.5. The lowest BCUT2D eigenvalue weighted by Crippen LogP contribution is -1.97.